The number of hydrogen-bond donors (Lipinski definition) is 3. The summed E-state index contributed by atoms with van der Waals surface area (Å²) in [6.45, 7) is 2.89. The van der Waals surface area contributed by atoms with Gasteiger partial charge in [0.1, 0.15) is 11.6 Å². The molecule has 31 heavy (non-hydrogen) atoms. The highest BCUT2D eigenvalue weighted by Gasteiger charge is 2.22. The molecule has 1 heterocycles. The predicted octanol–water partition coefficient (Wildman–Crippen LogP) is 3.40. The van der Waals surface area contributed by atoms with E-state index >= 15 is 0 Å². The van der Waals surface area contributed by atoms with Gasteiger partial charge in [-0.25, -0.2) is 0 Å². The molecule has 2 aromatic rings. The van der Waals surface area contributed by atoms with Crippen LogP contribution < -0.4 is 20.7 Å². The van der Waals surface area contributed by atoms with Gasteiger partial charge in [0.15, 0.2) is 0 Å². The summed E-state index contributed by atoms with van der Waals surface area (Å²) in [5, 5.41) is 10.9. The Labute approximate surface area is 199 Å². The van der Waals surface area contributed by atoms with Crippen molar-refractivity contribution in [3.05, 3.63) is 63.0 Å². The molecular weight excluding hydrogens is 526 g/mol. The zero-order valence-corrected chi connectivity index (χ0v) is 20.4. The number of methoxy groups -OCH3 is 1. The molecule has 164 valence electrons. The number of nitrogens with one attached hydrogen (secondary N) is 2. The van der Waals surface area contributed by atoms with E-state index in [-0.39, 0.29) is 18.3 Å². The summed E-state index contributed by atoms with van der Waals surface area (Å²) in [6, 6.07) is 15.5. The Morgan fingerprint density at radius 2 is 1.84 bits per heavy atom. The summed E-state index contributed by atoms with van der Waals surface area (Å²) >= 11 is 6.84. The molecule has 9 heteroatoms. The lowest BCUT2D eigenvalue weighted by molar-refractivity contribution is -0.130. The summed E-state index contributed by atoms with van der Waals surface area (Å²) in [4.78, 5) is 16.9. The van der Waals surface area contributed by atoms with E-state index in [4.69, 9.17) is 15.9 Å². The third-order valence-electron chi connectivity index (χ3n) is 5.07. The molecule has 0 unspecified atom stereocenters. The number of benzene rings is 2. The maximum Gasteiger partial charge on any atom is 0.241 e. The minimum atomic E-state index is -0.0997. The number of nitrogens with zero attached hydrogens (tertiary/aromatic N) is 2. The lowest BCUT2D eigenvalue weighted by Crippen LogP contribution is -2.50. The van der Waals surface area contributed by atoms with Crippen LogP contribution in [0.2, 0.25) is 0 Å². The Morgan fingerprint density at radius 1 is 1.16 bits per heavy atom. The number of ether oxygens (including phenoxy) is 1. The molecule has 0 atom stereocenters. The highest BCUT2D eigenvalue weighted by molar-refractivity contribution is 9.12. The first-order valence-electron chi connectivity index (χ1n) is 9.80. The topological polar surface area (TPSA) is 94.7 Å². The van der Waals surface area contributed by atoms with Crippen molar-refractivity contribution in [3.63, 3.8) is 0 Å². The summed E-state index contributed by atoms with van der Waals surface area (Å²) < 4.78 is 6.73. The fourth-order valence-corrected chi connectivity index (χ4v) is 4.16. The summed E-state index contributed by atoms with van der Waals surface area (Å²) in [6.07, 6.45) is 0. The van der Waals surface area contributed by atoms with Gasteiger partial charge in [-0.2, -0.15) is 0 Å². The lowest BCUT2D eigenvalue weighted by Gasteiger charge is -2.36. The fourth-order valence-electron chi connectivity index (χ4n) is 3.38. The van der Waals surface area contributed by atoms with Gasteiger partial charge in [0.2, 0.25) is 5.91 Å². The molecule has 1 amide bonds. The minimum absolute atomic E-state index is 0.00493. The smallest absolute Gasteiger partial charge is 0.241 e. The molecule has 7 nitrogen and oxygen atoms in total. The molecule has 1 aliphatic heterocycles. The van der Waals surface area contributed by atoms with Gasteiger partial charge in [-0.1, -0.05) is 30.3 Å². The second-order valence-electron chi connectivity index (χ2n) is 7.01. The molecule has 1 aliphatic rings. The van der Waals surface area contributed by atoms with Crippen LogP contribution in [0.3, 0.4) is 0 Å². The van der Waals surface area contributed by atoms with Crippen LogP contribution in [0.5, 0.6) is 5.75 Å². The van der Waals surface area contributed by atoms with Crippen molar-refractivity contribution in [1.29, 1.82) is 5.41 Å². The number of nitrogens with two attached hydrogens (primary N) is 1. The van der Waals surface area contributed by atoms with E-state index in [1.165, 1.54) is 0 Å². The lowest BCUT2D eigenvalue weighted by atomic mass is 10.1. The SMILES string of the molecule is COc1cc(N2CCN(C(=O)CN/C(=C(/Br)C(=N)N)c3ccccc3)CC2)ccc1Br. The van der Waals surface area contributed by atoms with Crippen molar-refractivity contribution < 1.29 is 9.53 Å². The third kappa shape index (κ3) is 5.80. The number of piperazine rings is 1. The van der Waals surface area contributed by atoms with Crippen molar-refractivity contribution in [2.75, 3.05) is 44.7 Å². The first-order chi connectivity index (χ1) is 14.9. The molecule has 0 spiro atoms. The monoisotopic (exact) mass is 549 g/mol. The van der Waals surface area contributed by atoms with Crippen molar-refractivity contribution in [3.8, 4) is 5.75 Å². The zero-order chi connectivity index (χ0) is 22.4. The number of carbonyl (C=O) groups excluding carboxylic acids is 1. The highest BCUT2D eigenvalue weighted by atomic mass is 79.9. The van der Waals surface area contributed by atoms with Gasteiger partial charge in [0.25, 0.3) is 0 Å². The van der Waals surface area contributed by atoms with Crippen LogP contribution in [-0.4, -0.2) is 56.5 Å². The molecular formula is C22H25Br2N5O2. The highest BCUT2D eigenvalue weighted by Crippen LogP contribution is 2.30. The van der Waals surface area contributed by atoms with Crippen molar-refractivity contribution in [1.82, 2.24) is 10.2 Å². The first-order valence-corrected chi connectivity index (χ1v) is 11.4. The van der Waals surface area contributed by atoms with E-state index in [9.17, 15) is 4.79 Å². The molecule has 0 bridgehead atoms. The van der Waals surface area contributed by atoms with Gasteiger partial charge < -0.3 is 25.6 Å². The molecule has 0 aliphatic carbocycles. The average molecular weight is 551 g/mol. The van der Waals surface area contributed by atoms with E-state index in [1.807, 2.05) is 53.4 Å². The average Bonchev–Trinajstić information content (AvgIpc) is 2.80. The number of amides is 1. The molecule has 3 rings (SSSR count). The van der Waals surface area contributed by atoms with Crippen molar-refractivity contribution in [2.45, 2.75) is 0 Å². The van der Waals surface area contributed by atoms with E-state index in [2.05, 4.69) is 42.1 Å². The van der Waals surface area contributed by atoms with Crippen LogP contribution in [0.15, 0.2) is 57.5 Å². The molecule has 2 aromatic carbocycles. The number of rotatable bonds is 7. The van der Waals surface area contributed by atoms with Gasteiger partial charge in [-0.05, 0) is 49.6 Å². The first kappa shape index (κ1) is 23.1. The normalized spacial score (nSPS) is 14.7. The third-order valence-corrected chi connectivity index (χ3v) is 6.55. The Balaban J connectivity index is 1.60. The molecule has 0 aromatic heterocycles. The van der Waals surface area contributed by atoms with E-state index in [0.29, 0.717) is 23.3 Å². The van der Waals surface area contributed by atoms with E-state index in [1.54, 1.807) is 7.11 Å². The second kappa shape index (κ2) is 10.7. The Hall–Kier alpha value is -2.52. The fraction of sp³-hybridized carbons (Fsp3) is 0.273. The van der Waals surface area contributed by atoms with Crippen LogP contribution in [0, 0.1) is 5.41 Å². The van der Waals surface area contributed by atoms with Gasteiger partial charge >= 0.3 is 0 Å². The van der Waals surface area contributed by atoms with Crippen LogP contribution in [0.4, 0.5) is 5.69 Å². The van der Waals surface area contributed by atoms with Crippen molar-refractivity contribution >= 4 is 55.0 Å². The quantitative estimate of drug-likeness (QED) is 0.363. The molecule has 4 N–H and O–H groups in total. The van der Waals surface area contributed by atoms with E-state index in [0.717, 1.165) is 34.6 Å². The largest absolute Gasteiger partial charge is 0.495 e. The summed E-state index contributed by atoms with van der Waals surface area (Å²) in [5.41, 5.74) is 8.20. The summed E-state index contributed by atoms with van der Waals surface area (Å²) in [7, 11) is 1.65. The van der Waals surface area contributed by atoms with Gasteiger partial charge in [-0.15, -0.1) is 0 Å². The maximum atomic E-state index is 12.8. The van der Waals surface area contributed by atoms with Crippen LogP contribution in [0.25, 0.3) is 5.70 Å². The van der Waals surface area contributed by atoms with Crippen LogP contribution in [0.1, 0.15) is 5.56 Å². The second-order valence-corrected chi connectivity index (χ2v) is 8.66. The number of carbonyl (C=O) groups is 1. The summed E-state index contributed by atoms with van der Waals surface area (Å²) in [5.74, 6) is 0.694. The molecule has 0 radical (unpaired) electrons. The van der Waals surface area contributed by atoms with E-state index < -0.39 is 0 Å². The van der Waals surface area contributed by atoms with Gasteiger partial charge in [0, 0.05) is 37.9 Å². The minimum Gasteiger partial charge on any atom is -0.495 e. The van der Waals surface area contributed by atoms with Gasteiger partial charge in [0.05, 0.1) is 28.3 Å². The molecule has 1 fully saturated rings. The Kier molecular flexibility index (Phi) is 7.97. The van der Waals surface area contributed by atoms with Crippen LogP contribution >= 0.6 is 31.9 Å². The zero-order valence-electron chi connectivity index (χ0n) is 17.2. The molecule has 1 saturated heterocycles. The van der Waals surface area contributed by atoms with Crippen LogP contribution in [-0.2, 0) is 4.79 Å². The van der Waals surface area contributed by atoms with Gasteiger partial charge in [-0.3, -0.25) is 10.2 Å². The Bertz CT molecular complexity index is 973. The number of amidine groups is 1. The molecule has 0 saturated carbocycles. The standard InChI is InChI=1S/C22H25Br2N5O2/c1-31-18-13-16(7-8-17(18)23)28-9-11-29(12-10-28)19(30)14-27-21(20(24)22(25)26)15-5-3-2-4-6-15/h2-8,13,27H,9-12,14H2,1H3,(H3,25,26)/b21-20+. The van der Waals surface area contributed by atoms with Crippen molar-refractivity contribution in [2.24, 2.45) is 5.73 Å². The number of anilines is 1. The number of hydrogen-bond acceptors (Lipinski definition) is 5. The Morgan fingerprint density at radius 3 is 2.45 bits per heavy atom. The number of halogens is 2. The maximum absolute atomic E-state index is 12.8. The predicted molar refractivity (Wildman–Crippen MR) is 132 cm³/mol.